The number of ether oxygens (including phenoxy) is 1. The van der Waals surface area contributed by atoms with E-state index in [2.05, 4.69) is 15.1 Å². The summed E-state index contributed by atoms with van der Waals surface area (Å²) in [5.74, 6) is -0.509. The summed E-state index contributed by atoms with van der Waals surface area (Å²) in [5.41, 5.74) is 1.19. The molecule has 4 rings (SSSR count). The highest BCUT2D eigenvalue weighted by molar-refractivity contribution is 14.1. The average molecular weight is 524 g/mol. The second-order valence-corrected chi connectivity index (χ2v) is 7.37. The van der Waals surface area contributed by atoms with Crippen LogP contribution in [0.5, 0.6) is 0 Å². The summed E-state index contributed by atoms with van der Waals surface area (Å²) in [6.07, 6.45) is -3.00. The molecule has 30 heavy (non-hydrogen) atoms. The molecule has 0 aliphatic carbocycles. The van der Waals surface area contributed by atoms with E-state index in [1.54, 1.807) is 30.5 Å². The lowest BCUT2D eigenvalue weighted by Crippen LogP contribution is -2.10. The number of fused-ring (bicyclic) bond motifs is 1. The van der Waals surface area contributed by atoms with Gasteiger partial charge in [0.2, 0.25) is 0 Å². The monoisotopic (exact) mass is 524 g/mol. The number of hydrogen-bond acceptors (Lipinski definition) is 5. The van der Waals surface area contributed by atoms with Crippen LogP contribution in [0.15, 0.2) is 54.7 Å². The quantitative estimate of drug-likeness (QED) is 0.217. The van der Waals surface area contributed by atoms with E-state index in [0.717, 1.165) is 17.0 Å². The van der Waals surface area contributed by atoms with Gasteiger partial charge in [-0.3, -0.25) is 0 Å². The molecule has 0 saturated heterocycles. The zero-order valence-corrected chi connectivity index (χ0v) is 17.5. The van der Waals surface area contributed by atoms with Crippen molar-refractivity contribution in [2.75, 3.05) is 7.11 Å². The minimum absolute atomic E-state index is 0.0523. The largest absolute Gasteiger partial charge is 0.464 e. The maximum absolute atomic E-state index is 13.0. The number of alkyl halides is 3. The summed E-state index contributed by atoms with van der Waals surface area (Å²) in [6, 6.07) is 12.4. The lowest BCUT2D eigenvalue weighted by Gasteiger charge is -2.09. The molecule has 1 aromatic carbocycles. The van der Waals surface area contributed by atoms with E-state index in [4.69, 9.17) is 4.74 Å². The number of esters is 1. The van der Waals surface area contributed by atoms with Gasteiger partial charge in [-0.1, -0.05) is 18.2 Å². The molecule has 0 radical (unpaired) electrons. The van der Waals surface area contributed by atoms with E-state index in [1.165, 1.54) is 23.9 Å². The molecule has 0 unspecified atom stereocenters. The number of benzene rings is 1. The zero-order chi connectivity index (χ0) is 21.5. The van der Waals surface area contributed by atoms with Crippen molar-refractivity contribution in [1.29, 1.82) is 0 Å². The SMILES string of the molecule is COC(=O)c1cc(-c2ccc3cnn(-c4cccc(C(F)(F)F)n4)c3c2)cc(I)n1. The maximum Gasteiger partial charge on any atom is 0.433 e. The Hall–Kier alpha value is -3.02. The fourth-order valence-electron chi connectivity index (χ4n) is 2.95. The first-order chi connectivity index (χ1) is 14.3. The van der Waals surface area contributed by atoms with E-state index >= 15 is 0 Å². The fraction of sp³-hybridized carbons (Fsp3) is 0.100. The van der Waals surface area contributed by atoms with Gasteiger partial charge < -0.3 is 4.74 Å². The van der Waals surface area contributed by atoms with Crippen LogP contribution in [0, 0.1) is 3.70 Å². The molecule has 0 amide bonds. The first-order valence-corrected chi connectivity index (χ1v) is 9.63. The van der Waals surface area contributed by atoms with E-state index < -0.39 is 17.8 Å². The third-order valence-corrected chi connectivity index (χ3v) is 4.89. The van der Waals surface area contributed by atoms with Crippen LogP contribution in [-0.2, 0) is 10.9 Å². The van der Waals surface area contributed by atoms with Gasteiger partial charge in [0.05, 0.1) is 18.8 Å². The first-order valence-electron chi connectivity index (χ1n) is 8.55. The van der Waals surface area contributed by atoms with Crippen LogP contribution in [0.3, 0.4) is 0 Å². The van der Waals surface area contributed by atoms with Gasteiger partial charge in [-0.25, -0.2) is 19.4 Å². The Balaban J connectivity index is 1.84. The fourth-order valence-corrected chi connectivity index (χ4v) is 3.55. The lowest BCUT2D eigenvalue weighted by molar-refractivity contribution is -0.141. The molecule has 0 spiro atoms. The second kappa shape index (κ2) is 7.67. The van der Waals surface area contributed by atoms with Gasteiger partial charge in [0.15, 0.2) is 5.82 Å². The van der Waals surface area contributed by atoms with Gasteiger partial charge in [0.25, 0.3) is 0 Å². The van der Waals surface area contributed by atoms with Crippen molar-refractivity contribution in [3.05, 3.63) is 69.8 Å². The smallest absolute Gasteiger partial charge is 0.433 e. The maximum atomic E-state index is 13.0. The van der Waals surface area contributed by atoms with Crippen LogP contribution < -0.4 is 0 Å². The Kier molecular flexibility index (Phi) is 5.18. The molecule has 10 heteroatoms. The molecular formula is C20H12F3IN4O2. The van der Waals surface area contributed by atoms with Gasteiger partial charge in [0, 0.05) is 5.39 Å². The number of methoxy groups -OCH3 is 1. The highest BCUT2D eigenvalue weighted by atomic mass is 127. The standard InChI is InChI=1S/C20H12F3IN4O2/c1-30-19(29)14-7-13(9-17(24)26-14)11-5-6-12-10-25-28(15(12)8-11)18-4-2-3-16(27-18)20(21,22)23/h2-10H,1H3. The molecule has 152 valence electrons. The van der Waals surface area contributed by atoms with Gasteiger partial charge in [0.1, 0.15) is 15.1 Å². The van der Waals surface area contributed by atoms with Crippen molar-refractivity contribution < 1.29 is 22.7 Å². The molecule has 0 aliphatic rings. The molecule has 6 nitrogen and oxygen atoms in total. The molecule has 0 atom stereocenters. The highest BCUT2D eigenvalue weighted by Gasteiger charge is 2.32. The number of rotatable bonds is 3. The van der Waals surface area contributed by atoms with Crippen LogP contribution in [0.1, 0.15) is 16.2 Å². The van der Waals surface area contributed by atoms with Crippen molar-refractivity contribution in [2.45, 2.75) is 6.18 Å². The Morgan fingerprint density at radius 1 is 1.07 bits per heavy atom. The van der Waals surface area contributed by atoms with E-state index in [1.807, 2.05) is 28.7 Å². The van der Waals surface area contributed by atoms with Crippen molar-refractivity contribution in [1.82, 2.24) is 19.7 Å². The number of aromatic nitrogens is 4. The Labute approximate surface area is 181 Å². The number of hydrogen-bond donors (Lipinski definition) is 0. The number of nitrogens with zero attached hydrogens (tertiary/aromatic N) is 4. The van der Waals surface area contributed by atoms with Crippen LogP contribution in [0.4, 0.5) is 13.2 Å². The molecule has 4 aromatic rings. The molecule has 0 N–H and O–H groups in total. The topological polar surface area (TPSA) is 69.9 Å². The summed E-state index contributed by atoms with van der Waals surface area (Å²) in [7, 11) is 1.27. The number of carbonyl (C=O) groups is 1. The number of carbonyl (C=O) groups excluding carboxylic acids is 1. The van der Waals surface area contributed by atoms with Crippen molar-refractivity contribution in [3.63, 3.8) is 0 Å². The predicted molar refractivity (Wildman–Crippen MR) is 111 cm³/mol. The zero-order valence-electron chi connectivity index (χ0n) is 15.3. The summed E-state index contributed by atoms with van der Waals surface area (Å²) in [5, 5.41) is 4.93. The van der Waals surface area contributed by atoms with Crippen LogP contribution in [0.2, 0.25) is 0 Å². The molecule has 0 saturated carbocycles. The van der Waals surface area contributed by atoms with Crippen LogP contribution >= 0.6 is 22.6 Å². The number of halogens is 4. The highest BCUT2D eigenvalue weighted by Crippen LogP contribution is 2.30. The van der Waals surface area contributed by atoms with Crippen molar-refractivity contribution >= 4 is 39.5 Å². The Morgan fingerprint density at radius 3 is 2.60 bits per heavy atom. The Morgan fingerprint density at radius 2 is 1.87 bits per heavy atom. The molecule has 3 heterocycles. The van der Waals surface area contributed by atoms with Gasteiger partial charge >= 0.3 is 12.1 Å². The minimum atomic E-state index is -4.55. The molecule has 0 aliphatic heterocycles. The molecular weight excluding hydrogens is 512 g/mol. The summed E-state index contributed by atoms with van der Waals surface area (Å²) in [4.78, 5) is 19.7. The summed E-state index contributed by atoms with van der Waals surface area (Å²) >= 11 is 2.00. The summed E-state index contributed by atoms with van der Waals surface area (Å²) < 4.78 is 45.8. The van der Waals surface area contributed by atoms with Gasteiger partial charge in [-0.2, -0.15) is 18.3 Å². The minimum Gasteiger partial charge on any atom is -0.464 e. The van der Waals surface area contributed by atoms with E-state index in [0.29, 0.717) is 14.8 Å². The van der Waals surface area contributed by atoms with Crippen molar-refractivity contribution in [2.24, 2.45) is 0 Å². The molecule has 0 fully saturated rings. The van der Waals surface area contributed by atoms with Gasteiger partial charge in [-0.05, 0) is 64.0 Å². The first kappa shape index (κ1) is 20.3. The van der Waals surface area contributed by atoms with Crippen LogP contribution in [0.25, 0.3) is 27.8 Å². The van der Waals surface area contributed by atoms with E-state index in [-0.39, 0.29) is 11.5 Å². The van der Waals surface area contributed by atoms with Crippen LogP contribution in [-0.4, -0.2) is 32.8 Å². The van der Waals surface area contributed by atoms with Crippen molar-refractivity contribution in [3.8, 4) is 16.9 Å². The summed E-state index contributed by atoms with van der Waals surface area (Å²) in [6.45, 7) is 0. The third kappa shape index (κ3) is 3.86. The lowest BCUT2D eigenvalue weighted by atomic mass is 10.0. The van der Waals surface area contributed by atoms with E-state index in [9.17, 15) is 18.0 Å². The normalized spacial score (nSPS) is 11.6. The van der Waals surface area contributed by atoms with Gasteiger partial charge in [-0.15, -0.1) is 0 Å². The Bertz CT molecular complexity index is 1270. The number of pyridine rings is 2. The molecule has 0 bridgehead atoms. The molecule has 3 aromatic heterocycles. The average Bonchev–Trinajstić information content (AvgIpc) is 3.15. The predicted octanol–water partition coefficient (Wildman–Crippen LogP) is 4.89. The third-order valence-electron chi connectivity index (χ3n) is 4.33. The second-order valence-electron chi connectivity index (χ2n) is 6.26.